The van der Waals surface area contributed by atoms with Gasteiger partial charge >= 0.3 is 5.97 Å². The molecule has 6 heteroatoms. The Morgan fingerprint density at radius 2 is 1.59 bits per heavy atom. The highest BCUT2D eigenvalue weighted by molar-refractivity contribution is 8.00. The van der Waals surface area contributed by atoms with Crippen molar-refractivity contribution >= 4 is 17.7 Å². The fourth-order valence-corrected chi connectivity index (χ4v) is 2.77. The van der Waals surface area contributed by atoms with Gasteiger partial charge in [0.25, 0.3) is 0 Å². The fraction of sp³-hybridized carbons (Fsp3) is 0.938. The van der Waals surface area contributed by atoms with Gasteiger partial charge in [0.2, 0.25) is 0 Å². The molecule has 0 rings (SSSR count). The molecule has 0 aromatic rings. The molecule has 0 bridgehead atoms. The standard InChI is InChI=1S/C16H32O5S/c1-3-4-5-6-7-8-9-22-14(2)15(20)21-13-16(10-17,11-18)12-19/h14,17-19H,3-13H2,1-2H3. The average Bonchev–Trinajstić information content (AvgIpc) is 2.55. The highest BCUT2D eigenvalue weighted by atomic mass is 32.2. The molecule has 0 aliphatic carbocycles. The first kappa shape index (κ1) is 21.7. The molecular formula is C16H32O5S. The van der Waals surface area contributed by atoms with Crippen LogP contribution in [-0.2, 0) is 9.53 Å². The molecule has 0 amide bonds. The summed E-state index contributed by atoms with van der Waals surface area (Å²) in [6, 6.07) is 0. The van der Waals surface area contributed by atoms with Crippen LogP contribution >= 0.6 is 11.8 Å². The summed E-state index contributed by atoms with van der Waals surface area (Å²) in [4.78, 5) is 11.9. The van der Waals surface area contributed by atoms with E-state index in [9.17, 15) is 20.1 Å². The third kappa shape index (κ3) is 8.98. The van der Waals surface area contributed by atoms with Gasteiger partial charge in [-0.25, -0.2) is 0 Å². The number of aliphatic hydroxyl groups is 3. The SMILES string of the molecule is CCCCCCCCSC(C)C(=O)OCC(CO)(CO)CO. The van der Waals surface area contributed by atoms with Gasteiger partial charge in [-0.05, 0) is 19.1 Å². The van der Waals surface area contributed by atoms with Crippen LogP contribution < -0.4 is 0 Å². The quantitative estimate of drug-likeness (QED) is 0.332. The van der Waals surface area contributed by atoms with Crippen LogP contribution in [0.4, 0.5) is 0 Å². The van der Waals surface area contributed by atoms with Gasteiger partial charge in [-0.15, -0.1) is 11.8 Å². The van der Waals surface area contributed by atoms with E-state index < -0.39 is 25.2 Å². The minimum absolute atomic E-state index is 0.169. The first-order valence-corrected chi connectivity index (χ1v) is 9.21. The lowest BCUT2D eigenvalue weighted by Gasteiger charge is -2.27. The predicted molar refractivity (Wildman–Crippen MR) is 89.9 cm³/mol. The highest BCUT2D eigenvalue weighted by Gasteiger charge is 2.30. The van der Waals surface area contributed by atoms with Gasteiger partial charge in [0.15, 0.2) is 0 Å². The lowest BCUT2D eigenvalue weighted by atomic mass is 9.93. The number of hydrogen-bond acceptors (Lipinski definition) is 6. The summed E-state index contributed by atoms with van der Waals surface area (Å²) in [6.45, 7) is 2.55. The van der Waals surface area contributed by atoms with Crippen molar-refractivity contribution in [2.24, 2.45) is 5.41 Å². The van der Waals surface area contributed by atoms with Crippen LogP contribution in [0.3, 0.4) is 0 Å². The monoisotopic (exact) mass is 336 g/mol. The van der Waals surface area contributed by atoms with Crippen molar-refractivity contribution in [2.45, 2.75) is 57.6 Å². The maximum absolute atomic E-state index is 11.9. The first-order chi connectivity index (χ1) is 10.5. The Bertz CT molecular complexity index is 273. The largest absolute Gasteiger partial charge is 0.464 e. The number of hydrogen-bond donors (Lipinski definition) is 3. The Hall–Kier alpha value is -0.300. The third-order valence-electron chi connectivity index (χ3n) is 3.72. The molecule has 0 spiro atoms. The van der Waals surface area contributed by atoms with Crippen molar-refractivity contribution in [3.8, 4) is 0 Å². The Labute approximate surface area is 138 Å². The number of unbranched alkanes of at least 4 members (excludes halogenated alkanes) is 5. The second kappa shape index (κ2) is 13.2. The minimum Gasteiger partial charge on any atom is -0.464 e. The number of esters is 1. The van der Waals surface area contributed by atoms with Crippen LogP contribution in [-0.4, -0.2) is 58.7 Å². The van der Waals surface area contributed by atoms with Crippen LogP contribution in [0, 0.1) is 5.41 Å². The molecular weight excluding hydrogens is 304 g/mol. The maximum Gasteiger partial charge on any atom is 0.318 e. The van der Waals surface area contributed by atoms with Crippen molar-refractivity contribution in [3.05, 3.63) is 0 Å². The zero-order valence-corrected chi connectivity index (χ0v) is 14.7. The van der Waals surface area contributed by atoms with Gasteiger partial charge in [-0.2, -0.15) is 0 Å². The van der Waals surface area contributed by atoms with Crippen molar-refractivity contribution in [1.29, 1.82) is 0 Å². The van der Waals surface area contributed by atoms with E-state index in [4.69, 9.17) is 4.74 Å². The van der Waals surface area contributed by atoms with Crippen molar-refractivity contribution in [2.75, 3.05) is 32.2 Å². The van der Waals surface area contributed by atoms with E-state index in [2.05, 4.69) is 6.92 Å². The normalized spacial score (nSPS) is 13.1. The van der Waals surface area contributed by atoms with Gasteiger partial charge < -0.3 is 20.1 Å². The second-order valence-corrected chi connectivity index (χ2v) is 7.31. The molecule has 0 aliphatic heterocycles. The predicted octanol–water partition coefficient (Wildman–Crippen LogP) is 1.98. The van der Waals surface area contributed by atoms with Gasteiger partial charge in [0.1, 0.15) is 6.61 Å². The zero-order chi connectivity index (χ0) is 16.8. The summed E-state index contributed by atoms with van der Waals surface area (Å²) < 4.78 is 5.11. The number of aliphatic hydroxyl groups excluding tert-OH is 3. The first-order valence-electron chi connectivity index (χ1n) is 8.16. The summed E-state index contributed by atoms with van der Waals surface area (Å²) in [5.74, 6) is 0.559. The van der Waals surface area contributed by atoms with Gasteiger partial charge in [-0.1, -0.05) is 39.0 Å². The van der Waals surface area contributed by atoms with Gasteiger partial charge in [-0.3, -0.25) is 4.79 Å². The van der Waals surface area contributed by atoms with Crippen molar-refractivity contribution < 1.29 is 24.9 Å². The molecule has 132 valence electrons. The Morgan fingerprint density at radius 3 is 2.14 bits per heavy atom. The second-order valence-electron chi connectivity index (χ2n) is 5.86. The third-order valence-corrected chi connectivity index (χ3v) is 4.94. The highest BCUT2D eigenvalue weighted by Crippen LogP contribution is 2.19. The molecule has 0 aromatic carbocycles. The average molecular weight is 336 g/mol. The van der Waals surface area contributed by atoms with E-state index in [1.165, 1.54) is 32.1 Å². The van der Waals surface area contributed by atoms with E-state index in [1.54, 1.807) is 18.7 Å². The molecule has 0 saturated heterocycles. The fourth-order valence-electron chi connectivity index (χ4n) is 1.84. The molecule has 0 aliphatic rings. The van der Waals surface area contributed by atoms with Gasteiger partial charge in [0.05, 0.1) is 30.5 Å². The molecule has 0 heterocycles. The molecule has 0 fully saturated rings. The van der Waals surface area contributed by atoms with E-state index in [-0.39, 0.29) is 17.8 Å². The Morgan fingerprint density at radius 1 is 1.05 bits per heavy atom. The van der Waals surface area contributed by atoms with Crippen molar-refractivity contribution in [3.63, 3.8) is 0 Å². The summed E-state index contributed by atoms with van der Waals surface area (Å²) in [7, 11) is 0. The van der Waals surface area contributed by atoms with Crippen LogP contribution in [0.15, 0.2) is 0 Å². The van der Waals surface area contributed by atoms with Crippen molar-refractivity contribution in [1.82, 2.24) is 0 Å². The van der Waals surface area contributed by atoms with E-state index >= 15 is 0 Å². The van der Waals surface area contributed by atoms with Crippen LogP contribution in [0.25, 0.3) is 0 Å². The number of thioether (sulfide) groups is 1. The molecule has 1 atom stereocenters. The van der Waals surface area contributed by atoms with E-state index in [0.717, 1.165) is 12.2 Å². The summed E-state index contributed by atoms with van der Waals surface area (Å²) in [5, 5.41) is 27.2. The lowest BCUT2D eigenvalue weighted by molar-refractivity contribution is -0.150. The molecule has 5 nitrogen and oxygen atoms in total. The smallest absolute Gasteiger partial charge is 0.318 e. The number of carbonyl (C=O) groups is 1. The molecule has 0 radical (unpaired) electrons. The molecule has 0 aromatic heterocycles. The van der Waals surface area contributed by atoms with E-state index in [1.807, 2.05) is 0 Å². The number of carbonyl (C=O) groups excluding carboxylic acids is 1. The van der Waals surface area contributed by atoms with E-state index in [0.29, 0.717) is 0 Å². The summed E-state index contributed by atoms with van der Waals surface area (Å²) in [5.41, 5.74) is -1.15. The Balaban J connectivity index is 3.83. The molecule has 1 unspecified atom stereocenters. The molecule has 0 saturated carbocycles. The molecule has 3 N–H and O–H groups in total. The van der Waals surface area contributed by atoms with Crippen LogP contribution in [0.5, 0.6) is 0 Å². The number of ether oxygens (including phenoxy) is 1. The minimum atomic E-state index is -1.15. The van der Waals surface area contributed by atoms with Crippen LogP contribution in [0.1, 0.15) is 52.4 Å². The Kier molecular flexibility index (Phi) is 13.0. The van der Waals surface area contributed by atoms with Gasteiger partial charge in [0, 0.05) is 0 Å². The maximum atomic E-state index is 11.9. The summed E-state index contributed by atoms with van der Waals surface area (Å²) >= 11 is 1.56. The molecule has 22 heavy (non-hydrogen) atoms. The number of rotatable bonds is 14. The lowest BCUT2D eigenvalue weighted by Crippen LogP contribution is -2.40. The summed E-state index contributed by atoms with van der Waals surface area (Å²) in [6.07, 6.45) is 7.35. The zero-order valence-electron chi connectivity index (χ0n) is 13.9. The van der Waals surface area contributed by atoms with Crippen LogP contribution in [0.2, 0.25) is 0 Å². The topological polar surface area (TPSA) is 87.0 Å².